The van der Waals surface area contributed by atoms with Crippen molar-refractivity contribution in [3.05, 3.63) is 107 Å². The third-order valence-corrected chi connectivity index (χ3v) is 7.45. The number of hydrogen-bond donors (Lipinski definition) is 1. The van der Waals surface area contributed by atoms with Gasteiger partial charge in [-0.15, -0.1) is 0 Å². The van der Waals surface area contributed by atoms with Gasteiger partial charge >= 0.3 is 0 Å². The highest BCUT2D eigenvalue weighted by Gasteiger charge is 2.50. The lowest BCUT2D eigenvalue weighted by Gasteiger charge is -2.52. The summed E-state index contributed by atoms with van der Waals surface area (Å²) in [6, 6.07) is 26.1. The average molecular weight is 440 g/mol. The van der Waals surface area contributed by atoms with Crippen LogP contribution in [0, 0.1) is 5.92 Å². The van der Waals surface area contributed by atoms with Crippen LogP contribution in [0.2, 0.25) is 0 Å². The highest BCUT2D eigenvalue weighted by Crippen LogP contribution is 2.47. The van der Waals surface area contributed by atoms with Gasteiger partial charge < -0.3 is 10.0 Å². The van der Waals surface area contributed by atoms with Crippen molar-refractivity contribution < 1.29 is 14.7 Å². The Balaban J connectivity index is 1.48. The summed E-state index contributed by atoms with van der Waals surface area (Å²) < 4.78 is 0. The SMILES string of the molecule is O=C(c1ccccc1)c1ccccc1C(=O)N1CC[C@@](O)(c2ccccc2)[C@@H]2CCCC[C@@H]21. The fourth-order valence-electron chi connectivity index (χ4n) is 5.79. The minimum absolute atomic E-state index is 0.0108. The van der Waals surface area contributed by atoms with Crippen LogP contribution in [0.5, 0.6) is 0 Å². The predicted octanol–water partition coefficient (Wildman–Crippen LogP) is 5.21. The molecule has 1 heterocycles. The van der Waals surface area contributed by atoms with Gasteiger partial charge in [0.2, 0.25) is 0 Å². The van der Waals surface area contributed by atoms with Gasteiger partial charge in [-0.05, 0) is 30.9 Å². The maximum Gasteiger partial charge on any atom is 0.254 e. The predicted molar refractivity (Wildman–Crippen MR) is 128 cm³/mol. The van der Waals surface area contributed by atoms with Crippen LogP contribution in [0.1, 0.15) is 63.9 Å². The first-order valence-electron chi connectivity index (χ1n) is 11.9. The normalized spacial score (nSPS) is 24.7. The van der Waals surface area contributed by atoms with E-state index in [1.54, 1.807) is 30.3 Å². The van der Waals surface area contributed by atoms with Gasteiger partial charge in [0.05, 0.1) is 11.2 Å². The van der Waals surface area contributed by atoms with E-state index in [0.29, 0.717) is 29.7 Å². The van der Waals surface area contributed by atoms with Crippen LogP contribution < -0.4 is 0 Å². The molecule has 33 heavy (non-hydrogen) atoms. The summed E-state index contributed by atoms with van der Waals surface area (Å²) in [6.45, 7) is 0.471. The van der Waals surface area contributed by atoms with Gasteiger partial charge in [0, 0.05) is 29.6 Å². The molecule has 3 aromatic rings. The van der Waals surface area contributed by atoms with Crippen molar-refractivity contribution in [2.75, 3.05) is 6.54 Å². The quantitative estimate of drug-likeness (QED) is 0.568. The van der Waals surface area contributed by atoms with Crippen molar-refractivity contribution in [1.82, 2.24) is 4.90 Å². The van der Waals surface area contributed by atoms with Crippen molar-refractivity contribution in [3.63, 3.8) is 0 Å². The molecule has 0 bridgehead atoms. The zero-order chi connectivity index (χ0) is 22.8. The number of fused-ring (bicyclic) bond motifs is 1. The molecular weight excluding hydrogens is 410 g/mol. The largest absolute Gasteiger partial charge is 0.385 e. The van der Waals surface area contributed by atoms with Crippen molar-refractivity contribution in [2.24, 2.45) is 5.92 Å². The molecule has 1 aliphatic heterocycles. The van der Waals surface area contributed by atoms with Gasteiger partial charge in [-0.3, -0.25) is 9.59 Å². The molecule has 0 spiro atoms. The standard InChI is InChI=1S/C29H29NO3/c31-27(21-11-3-1-4-12-21)23-15-7-8-16-24(23)28(32)30-20-19-29(33,22-13-5-2-6-14-22)25-17-9-10-18-26(25)30/h1-8,11-16,25-26,33H,9-10,17-20H2/t25-,26+,29-/m1/s1. The van der Waals surface area contributed by atoms with Gasteiger partial charge in [0.1, 0.15) is 0 Å². The Kier molecular flexibility index (Phi) is 5.86. The van der Waals surface area contributed by atoms with E-state index in [0.717, 1.165) is 31.2 Å². The maximum atomic E-state index is 13.9. The number of piperidine rings is 1. The summed E-state index contributed by atoms with van der Waals surface area (Å²) in [7, 11) is 0. The van der Waals surface area contributed by atoms with E-state index in [1.165, 1.54) is 0 Å². The van der Waals surface area contributed by atoms with Crippen LogP contribution in [-0.4, -0.2) is 34.3 Å². The zero-order valence-corrected chi connectivity index (χ0v) is 18.7. The summed E-state index contributed by atoms with van der Waals surface area (Å²) in [6.07, 6.45) is 4.37. The molecule has 0 radical (unpaired) electrons. The first kappa shape index (κ1) is 21.6. The molecule has 3 aromatic carbocycles. The van der Waals surface area contributed by atoms with Gasteiger partial charge in [0.25, 0.3) is 5.91 Å². The Bertz CT molecular complexity index is 1140. The highest BCUT2D eigenvalue weighted by atomic mass is 16.3. The molecule has 5 rings (SSSR count). The molecule has 0 aromatic heterocycles. The minimum Gasteiger partial charge on any atom is -0.385 e. The molecular formula is C29H29NO3. The fraction of sp³-hybridized carbons (Fsp3) is 0.310. The number of carbonyl (C=O) groups excluding carboxylic acids is 2. The summed E-state index contributed by atoms with van der Waals surface area (Å²) in [4.78, 5) is 29.0. The highest BCUT2D eigenvalue weighted by molar-refractivity contribution is 6.15. The number of benzene rings is 3. The van der Waals surface area contributed by atoms with Crippen molar-refractivity contribution >= 4 is 11.7 Å². The summed E-state index contributed by atoms with van der Waals surface area (Å²) in [5.74, 6) is -0.261. The topological polar surface area (TPSA) is 57.6 Å². The number of likely N-dealkylation sites (tertiary alicyclic amines) is 1. The van der Waals surface area contributed by atoms with E-state index in [4.69, 9.17) is 0 Å². The molecule has 1 N–H and O–H groups in total. The van der Waals surface area contributed by atoms with E-state index in [9.17, 15) is 14.7 Å². The van der Waals surface area contributed by atoms with Crippen LogP contribution in [-0.2, 0) is 5.60 Å². The Morgan fingerprint density at radius 1 is 0.788 bits per heavy atom. The van der Waals surface area contributed by atoms with Crippen molar-refractivity contribution in [2.45, 2.75) is 43.7 Å². The Labute approximate surface area is 194 Å². The molecule has 2 fully saturated rings. The molecule has 4 heteroatoms. The third-order valence-electron chi connectivity index (χ3n) is 7.45. The summed E-state index contributed by atoms with van der Waals surface area (Å²) >= 11 is 0. The summed E-state index contributed by atoms with van der Waals surface area (Å²) in [5.41, 5.74) is 1.47. The third kappa shape index (κ3) is 3.89. The second-order valence-corrected chi connectivity index (χ2v) is 9.24. The van der Waals surface area contributed by atoms with Crippen LogP contribution in [0.3, 0.4) is 0 Å². The fourth-order valence-corrected chi connectivity index (χ4v) is 5.79. The number of ketones is 1. The second-order valence-electron chi connectivity index (χ2n) is 9.24. The second kappa shape index (κ2) is 8.95. The Hall–Kier alpha value is -3.24. The van der Waals surface area contributed by atoms with Crippen molar-refractivity contribution in [1.29, 1.82) is 0 Å². The average Bonchev–Trinajstić information content (AvgIpc) is 2.89. The molecule has 1 aliphatic carbocycles. The molecule has 2 aliphatic rings. The first-order chi connectivity index (χ1) is 16.1. The Morgan fingerprint density at radius 3 is 2.12 bits per heavy atom. The van der Waals surface area contributed by atoms with Gasteiger partial charge in [-0.25, -0.2) is 0 Å². The van der Waals surface area contributed by atoms with E-state index in [-0.39, 0.29) is 23.7 Å². The number of nitrogens with zero attached hydrogens (tertiary/aromatic N) is 1. The molecule has 168 valence electrons. The van der Waals surface area contributed by atoms with Crippen LogP contribution in [0.25, 0.3) is 0 Å². The number of hydrogen-bond acceptors (Lipinski definition) is 3. The lowest BCUT2D eigenvalue weighted by Crippen LogP contribution is -2.59. The lowest BCUT2D eigenvalue weighted by molar-refractivity contribution is -0.110. The zero-order valence-electron chi connectivity index (χ0n) is 18.7. The molecule has 1 saturated carbocycles. The van der Waals surface area contributed by atoms with E-state index in [2.05, 4.69) is 0 Å². The number of amides is 1. The van der Waals surface area contributed by atoms with Gasteiger partial charge in [0.15, 0.2) is 5.78 Å². The molecule has 1 saturated heterocycles. The number of carbonyl (C=O) groups is 2. The lowest BCUT2D eigenvalue weighted by atomic mass is 9.66. The first-order valence-corrected chi connectivity index (χ1v) is 11.9. The number of aliphatic hydroxyl groups is 1. The van der Waals surface area contributed by atoms with E-state index in [1.807, 2.05) is 59.5 Å². The van der Waals surface area contributed by atoms with Crippen LogP contribution in [0.4, 0.5) is 0 Å². The van der Waals surface area contributed by atoms with E-state index < -0.39 is 5.60 Å². The van der Waals surface area contributed by atoms with Gasteiger partial charge in [-0.1, -0.05) is 91.7 Å². The van der Waals surface area contributed by atoms with Crippen LogP contribution >= 0.6 is 0 Å². The molecule has 4 nitrogen and oxygen atoms in total. The number of rotatable bonds is 4. The van der Waals surface area contributed by atoms with E-state index >= 15 is 0 Å². The molecule has 0 unspecified atom stereocenters. The molecule has 3 atom stereocenters. The maximum absolute atomic E-state index is 13.9. The smallest absolute Gasteiger partial charge is 0.254 e. The molecule has 1 amide bonds. The van der Waals surface area contributed by atoms with Crippen LogP contribution in [0.15, 0.2) is 84.9 Å². The van der Waals surface area contributed by atoms with Gasteiger partial charge in [-0.2, -0.15) is 0 Å². The van der Waals surface area contributed by atoms with Crippen molar-refractivity contribution in [3.8, 4) is 0 Å². The minimum atomic E-state index is -0.928. The summed E-state index contributed by atoms with van der Waals surface area (Å²) in [5, 5.41) is 11.8. The Morgan fingerprint density at radius 2 is 1.39 bits per heavy atom. The monoisotopic (exact) mass is 439 g/mol.